The van der Waals surface area contributed by atoms with Crippen LogP contribution in [0, 0.1) is 5.92 Å². The molecule has 0 spiro atoms. The third kappa shape index (κ3) is 4.41. The molecule has 0 bridgehead atoms. The Kier molecular flexibility index (Phi) is 5.95. The van der Waals surface area contributed by atoms with E-state index in [1.165, 1.54) is 24.5 Å². The van der Waals surface area contributed by atoms with Gasteiger partial charge in [-0.25, -0.2) is 0 Å². The number of furan rings is 1. The van der Waals surface area contributed by atoms with Gasteiger partial charge in [-0.1, -0.05) is 36.4 Å². The van der Waals surface area contributed by atoms with E-state index >= 15 is 0 Å². The highest BCUT2D eigenvalue weighted by Crippen LogP contribution is 2.32. The highest BCUT2D eigenvalue weighted by atomic mass is 16.4. The largest absolute Gasteiger partial charge is 0.454 e. The first-order chi connectivity index (χ1) is 15.7. The van der Waals surface area contributed by atoms with Gasteiger partial charge in [-0.05, 0) is 55.5 Å². The Bertz CT molecular complexity index is 1120. The van der Waals surface area contributed by atoms with Crippen molar-refractivity contribution in [2.75, 3.05) is 19.6 Å². The van der Waals surface area contributed by atoms with Crippen LogP contribution in [0.5, 0.6) is 0 Å². The summed E-state index contributed by atoms with van der Waals surface area (Å²) in [5.41, 5.74) is 1.27. The molecule has 1 amide bonds. The number of carbonyl (C=O) groups excluding carboxylic acids is 1. The molecule has 2 saturated heterocycles. The lowest BCUT2D eigenvalue weighted by Gasteiger charge is -2.47. The lowest BCUT2D eigenvalue weighted by Crippen LogP contribution is -2.54. The van der Waals surface area contributed by atoms with Crippen LogP contribution in [0.15, 0.2) is 76.1 Å². The van der Waals surface area contributed by atoms with Crippen molar-refractivity contribution < 1.29 is 9.21 Å². The molecule has 2 aliphatic heterocycles. The van der Waals surface area contributed by atoms with Crippen molar-refractivity contribution in [1.82, 2.24) is 14.4 Å². The zero-order chi connectivity index (χ0) is 21.9. The minimum absolute atomic E-state index is 0.0460. The lowest BCUT2D eigenvalue weighted by molar-refractivity contribution is 0.0160. The van der Waals surface area contributed by atoms with Crippen LogP contribution >= 0.6 is 0 Å². The third-order valence-electron chi connectivity index (χ3n) is 6.80. The predicted molar refractivity (Wildman–Crippen MR) is 122 cm³/mol. The van der Waals surface area contributed by atoms with E-state index in [1.54, 1.807) is 29.0 Å². The minimum Gasteiger partial charge on any atom is -0.454 e. The molecule has 2 aliphatic rings. The first kappa shape index (κ1) is 20.8. The number of nitrogens with zero attached hydrogens (tertiary/aromatic N) is 3. The van der Waals surface area contributed by atoms with Crippen molar-refractivity contribution in [3.63, 3.8) is 0 Å². The van der Waals surface area contributed by atoms with E-state index < -0.39 is 0 Å². The number of fused-ring (bicyclic) bond motifs is 1. The molecule has 166 valence electrons. The van der Waals surface area contributed by atoms with E-state index in [0.29, 0.717) is 30.0 Å². The fourth-order valence-electron chi connectivity index (χ4n) is 5.20. The molecule has 2 fully saturated rings. The number of aromatic nitrogens is 1. The van der Waals surface area contributed by atoms with Crippen LogP contribution < -0.4 is 5.56 Å². The maximum atomic E-state index is 13.1. The molecule has 6 nitrogen and oxygen atoms in total. The van der Waals surface area contributed by atoms with Gasteiger partial charge in [0.25, 0.3) is 11.5 Å². The van der Waals surface area contributed by atoms with Crippen LogP contribution in [0.25, 0.3) is 0 Å². The van der Waals surface area contributed by atoms with Crippen LogP contribution in [0.3, 0.4) is 0 Å². The second-order valence-electron chi connectivity index (χ2n) is 8.90. The number of likely N-dealkylation sites (tertiary alicyclic amines) is 2. The summed E-state index contributed by atoms with van der Waals surface area (Å²) in [4.78, 5) is 29.6. The molecule has 0 N–H and O–H groups in total. The summed E-state index contributed by atoms with van der Waals surface area (Å²) in [6, 6.07) is 19.8. The van der Waals surface area contributed by atoms with Gasteiger partial charge in [0.2, 0.25) is 0 Å². The fraction of sp³-hybridized carbons (Fsp3) is 0.385. The Hall–Kier alpha value is -3.12. The summed E-state index contributed by atoms with van der Waals surface area (Å²) in [6.07, 6.45) is 5.06. The smallest absolute Gasteiger partial charge is 0.289 e. The molecule has 5 rings (SSSR count). The number of hydrogen-bond acceptors (Lipinski definition) is 4. The van der Waals surface area contributed by atoms with Crippen molar-refractivity contribution in [1.29, 1.82) is 0 Å². The normalized spacial score (nSPS) is 21.3. The van der Waals surface area contributed by atoms with Crippen molar-refractivity contribution in [3.8, 4) is 0 Å². The average molecular weight is 432 g/mol. The van der Waals surface area contributed by atoms with Crippen LogP contribution in [0.1, 0.15) is 41.1 Å². The van der Waals surface area contributed by atoms with Crippen molar-refractivity contribution in [3.05, 3.63) is 94.3 Å². The quantitative estimate of drug-likeness (QED) is 0.619. The molecule has 2 atom stereocenters. The van der Waals surface area contributed by atoms with E-state index in [0.717, 1.165) is 32.6 Å². The molecule has 1 aromatic carbocycles. The maximum Gasteiger partial charge on any atom is 0.289 e. The van der Waals surface area contributed by atoms with Gasteiger partial charge in [0, 0.05) is 37.9 Å². The number of rotatable bonds is 5. The molecule has 0 saturated carbocycles. The Morgan fingerprint density at radius 1 is 0.938 bits per heavy atom. The van der Waals surface area contributed by atoms with Gasteiger partial charge in [-0.3, -0.25) is 14.5 Å². The summed E-state index contributed by atoms with van der Waals surface area (Å²) in [5, 5.41) is 0. The fourth-order valence-corrected chi connectivity index (χ4v) is 5.20. The second-order valence-corrected chi connectivity index (χ2v) is 8.90. The van der Waals surface area contributed by atoms with Crippen LogP contribution in [0.4, 0.5) is 0 Å². The molecule has 0 unspecified atom stereocenters. The maximum absolute atomic E-state index is 13.1. The first-order valence-electron chi connectivity index (χ1n) is 11.5. The summed E-state index contributed by atoms with van der Waals surface area (Å²) in [7, 11) is 0. The standard InChI is InChI=1S/C26H29N3O3/c30-25-10-4-5-14-28(25)19-22-11-12-24(32-22)26(31)29-16-13-23-21(18-29)9-6-15-27(23)17-20-7-2-1-3-8-20/h1-5,7-8,10-12,14,21,23H,6,9,13,15-19H2/t21-,23+/m1/s1. The zero-order valence-electron chi connectivity index (χ0n) is 18.2. The summed E-state index contributed by atoms with van der Waals surface area (Å²) in [5.74, 6) is 1.43. The molecule has 3 aromatic rings. The molecule has 0 radical (unpaired) electrons. The Balaban J connectivity index is 1.23. The van der Waals surface area contributed by atoms with Crippen molar-refractivity contribution >= 4 is 5.91 Å². The number of piperidine rings is 2. The Morgan fingerprint density at radius 2 is 1.78 bits per heavy atom. The lowest BCUT2D eigenvalue weighted by atomic mass is 9.83. The van der Waals surface area contributed by atoms with E-state index in [-0.39, 0.29) is 11.5 Å². The van der Waals surface area contributed by atoms with Gasteiger partial charge in [0.15, 0.2) is 5.76 Å². The molecule has 6 heteroatoms. The number of hydrogen-bond donors (Lipinski definition) is 0. The summed E-state index contributed by atoms with van der Waals surface area (Å²) < 4.78 is 7.40. The van der Waals surface area contributed by atoms with Gasteiger partial charge in [-0.2, -0.15) is 0 Å². The Labute approximate surface area is 188 Å². The van der Waals surface area contributed by atoms with E-state index in [4.69, 9.17) is 4.42 Å². The van der Waals surface area contributed by atoms with Gasteiger partial charge >= 0.3 is 0 Å². The number of benzene rings is 1. The predicted octanol–water partition coefficient (Wildman–Crippen LogP) is 3.62. The third-order valence-corrected chi connectivity index (χ3v) is 6.80. The first-order valence-corrected chi connectivity index (χ1v) is 11.5. The van der Waals surface area contributed by atoms with Gasteiger partial charge in [0.1, 0.15) is 5.76 Å². The second kappa shape index (κ2) is 9.17. The molecular weight excluding hydrogens is 402 g/mol. The minimum atomic E-state index is -0.0868. The summed E-state index contributed by atoms with van der Waals surface area (Å²) in [6.45, 7) is 3.97. The molecule has 32 heavy (non-hydrogen) atoms. The number of pyridine rings is 1. The molecular formula is C26H29N3O3. The summed E-state index contributed by atoms with van der Waals surface area (Å²) >= 11 is 0. The SMILES string of the molecule is O=C(c1ccc(Cn2ccccc2=O)o1)N1CC[C@H]2[C@H](CCCN2Cc2ccccc2)C1. The molecule has 2 aromatic heterocycles. The van der Waals surface area contributed by atoms with Gasteiger partial charge in [0.05, 0.1) is 6.54 Å². The average Bonchev–Trinajstić information content (AvgIpc) is 3.29. The van der Waals surface area contributed by atoms with Gasteiger partial charge in [-0.15, -0.1) is 0 Å². The zero-order valence-corrected chi connectivity index (χ0v) is 18.2. The highest BCUT2D eigenvalue weighted by molar-refractivity contribution is 5.91. The van der Waals surface area contributed by atoms with E-state index in [2.05, 4.69) is 35.2 Å². The van der Waals surface area contributed by atoms with Crippen LogP contribution in [-0.4, -0.2) is 46.0 Å². The van der Waals surface area contributed by atoms with E-state index in [1.807, 2.05) is 11.0 Å². The molecule has 0 aliphatic carbocycles. The Morgan fingerprint density at radius 3 is 2.62 bits per heavy atom. The number of carbonyl (C=O) groups is 1. The van der Waals surface area contributed by atoms with Crippen molar-refractivity contribution in [2.24, 2.45) is 5.92 Å². The van der Waals surface area contributed by atoms with Crippen LogP contribution in [-0.2, 0) is 13.1 Å². The van der Waals surface area contributed by atoms with Crippen LogP contribution in [0.2, 0.25) is 0 Å². The van der Waals surface area contributed by atoms with E-state index in [9.17, 15) is 9.59 Å². The number of amides is 1. The monoisotopic (exact) mass is 431 g/mol. The topological polar surface area (TPSA) is 58.7 Å². The van der Waals surface area contributed by atoms with Gasteiger partial charge < -0.3 is 13.9 Å². The highest BCUT2D eigenvalue weighted by Gasteiger charge is 2.37. The van der Waals surface area contributed by atoms with Crippen molar-refractivity contribution in [2.45, 2.75) is 38.4 Å². The molecule has 4 heterocycles.